The number of aromatic nitrogens is 2. The first-order valence-corrected chi connectivity index (χ1v) is 12.4. The van der Waals surface area contributed by atoms with Crippen LogP contribution in [0.3, 0.4) is 0 Å². The van der Waals surface area contributed by atoms with E-state index in [1.807, 2.05) is 28.9 Å². The van der Waals surface area contributed by atoms with Gasteiger partial charge in [-0.15, -0.1) is 0 Å². The minimum absolute atomic E-state index is 0.0684. The average Bonchev–Trinajstić information content (AvgIpc) is 3.33. The van der Waals surface area contributed by atoms with Gasteiger partial charge in [0.1, 0.15) is 11.6 Å². The molecule has 7 heteroatoms. The standard InChI is InChI=1S/C27H33FN4O2/c1-18(2)32-25-7-4-3-6-24(25)26(30-32)27(33)29-20-16-21-10-11-22(17-20)31(21)14-5-15-34-23-12-8-19(28)9-13-23/h3-4,6-9,12-13,18,20-22H,5,10-11,14-17H2,1-2H3,(H,29,33)/t20?,21-,22+. The summed E-state index contributed by atoms with van der Waals surface area (Å²) in [5, 5.41) is 8.87. The number of nitrogens with one attached hydrogen (secondary N) is 1. The molecule has 2 aliphatic heterocycles. The fraction of sp³-hybridized carbons (Fsp3) is 0.481. The van der Waals surface area contributed by atoms with Crippen LogP contribution in [-0.2, 0) is 0 Å². The number of piperidine rings is 1. The topological polar surface area (TPSA) is 59.4 Å². The number of hydrogen-bond acceptors (Lipinski definition) is 4. The molecule has 34 heavy (non-hydrogen) atoms. The zero-order chi connectivity index (χ0) is 23.7. The molecule has 0 spiro atoms. The van der Waals surface area contributed by atoms with Gasteiger partial charge in [-0.2, -0.15) is 5.10 Å². The van der Waals surface area contributed by atoms with Crippen molar-refractivity contribution in [3.05, 3.63) is 60.0 Å². The molecule has 5 rings (SSSR count). The lowest BCUT2D eigenvalue weighted by atomic mass is 9.96. The number of fused-ring (bicyclic) bond motifs is 3. The van der Waals surface area contributed by atoms with Gasteiger partial charge in [-0.1, -0.05) is 18.2 Å². The van der Waals surface area contributed by atoms with Crippen LogP contribution in [0.4, 0.5) is 4.39 Å². The van der Waals surface area contributed by atoms with Crippen molar-refractivity contribution in [3.8, 4) is 5.75 Å². The van der Waals surface area contributed by atoms with Gasteiger partial charge < -0.3 is 10.1 Å². The summed E-state index contributed by atoms with van der Waals surface area (Å²) in [6, 6.07) is 15.5. The van der Waals surface area contributed by atoms with Crippen molar-refractivity contribution >= 4 is 16.8 Å². The number of amides is 1. The molecule has 2 saturated heterocycles. The van der Waals surface area contributed by atoms with Gasteiger partial charge in [0.2, 0.25) is 0 Å². The Morgan fingerprint density at radius 1 is 1.12 bits per heavy atom. The Bertz CT molecular complexity index is 1130. The zero-order valence-corrected chi connectivity index (χ0v) is 19.9. The highest BCUT2D eigenvalue weighted by Crippen LogP contribution is 2.36. The SMILES string of the molecule is CC(C)n1nc(C(=O)NC2C[C@H]3CC[C@@H](C2)N3CCCOc2ccc(F)cc2)c2ccccc21. The van der Waals surface area contributed by atoms with E-state index in [0.29, 0.717) is 30.1 Å². The lowest BCUT2D eigenvalue weighted by molar-refractivity contribution is 0.0828. The zero-order valence-electron chi connectivity index (χ0n) is 19.9. The Morgan fingerprint density at radius 3 is 2.53 bits per heavy atom. The normalized spacial score (nSPS) is 22.4. The molecule has 2 bridgehead atoms. The smallest absolute Gasteiger partial charge is 0.272 e. The van der Waals surface area contributed by atoms with Crippen LogP contribution in [0.5, 0.6) is 5.75 Å². The van der Waals surface area contributed by atoms with E-state index in [-0.39, 0.29) is 23.8 Å². The summed E-state index contributed by atoms with van der Waals surface area (Å²) in [6.45, 7) is 5.77. The number of nitrogens with zero attached hydrogens (tertiary/aromatic N) is 3. The minimum Gasteiger partial charge on any atom is -0.494 e. The lowest BCUT2D eigenvalue weighted by Crippen LogP contribution is -2.50. The van der Waals surface area contributed by atoms with Crippen LogP contribution in [0, 0.1) is 5.82 Å². The Hall–Kier alpha value is -2.93. The Kier molecular flexibility index (Phi) is 6.55. The monoisotopic (exact) mass is 464 g/mol. The second kappa shape index (κ2) is 9.74. The maximum absolute atomic E-state index is 13.2. The molecule has 2 fully saturated rings. The van der Waals surface area contributed by atoms with Crippen molar-refractivity contribution in [2.24, 2.45) is 0 Å². The van der Waals surface area contributed by atoms with Gasteiger partial charge in [-0.25, -0.2) is 4.39 Å². The summed E-state index contributed by atoms with van der Waals surface area (Å²) in [5.41, 5.74) is 1.53. The quantitative estimate of drug-likeness (QED) is 0.479. The van der Waals surface area contributed by atoms with Gasteiger partial charge in [0.05, 0.1) is 12.1 Å². The highest BCUT2D eigenvalue weighted by atomic mass is 19.1. The maximum atomic E-state index is 13.2. The summed E-state index contributed by atoms with van der Waals surface area (Å²) in [6.07, 6.45) is 5.25. The Balaban J connectivity index is 1.16. The number of benzene rings is 2. The summed E-state index contributed by atoms with van der Waals surface area (Å²) in [4.78, 5) is 15.8. The molecule has 0 saturated carbocycles. The molecule has 0 radical (unpaired) electrons. The highest BCUT2D eigenvalue weighted by Gasteiger charge is 2.40. The maximum Gasteiger partial charge on any atom is 0.272 e. The van der Waals surface area contributed by atoms with E-state index in [1.165, 1.54) is 25.0 Å². The predicted octanol–water partition coefficient (Wildman–Crippen LogP) is 4.95. The van der Waals surface area contributed by atoms with E-state index in [1.54, 1.807) is 12.1 Å². The van der Waals surface area contributed by atoms with Crippen LogP contribution in [-0.4, -0.2) is 51.9 Å². The van der Waals surface area contributed by atoms with Crippen molar-refractivity contribution in [2.75, 3.05) is 13.2 Å². The molecule has 3 aromatic rings. The Morgan fingerprint density at radius 2 is 1.82 bits per heavy atom. The fourth-order valence-corrected chi connectivity index (χ4v) is 5.63. The first-order valence-electron chi connectivity index (χ1n) is 12.4. The molecule has 2 aromatic carbocycles. The van der Waals surface area contributed by atoms with Crippen molar-refractivity contribution in [1.29, 1.82) is 0 Å². The van der Waals surface area contributed by atoms with Crippen LogP contribution in [0.1, 0.15) is 62.5 Å². The van der Waals surface area contributed by atoms with Crippen molar-refractivity contribution in [2.45, 2.75) is 70.1 Å². The highest BCUT2D eigenvalue weighted by molar-refractivity contribution is 6.05. The molecule has 180 valence electrons. The van der Waals surface area contributed by atoms with E-state index in [2.05, 4.69) is 29.2 Å². The van der Waals surface area contributed by atoms with Gasteiger partial charge in [-0.3, -0.25) is 14.4 Å². The van der Waals surface area contributed by atoms with Crippen LogP contribution in [0.15, 0.2) is 48.5 Å². The van der Waals surface area contributed by atoms with Crippen LogP contribution in [0.25, 0.3) is 10.9 Å². The molecule has 6 nitrogen and oxygen atoms in total. The molecule has 1 amide bonds. The first kappa shape index (κ1) is 22.8. The second-order valence-corrected chi connectivity index (χ2v) is 9.82. The number of carbonyl (C=O) groups excluding carboxylic acids is 1. The molecule has 0 aliphatic carbocycles. The van der Waals surface area contributed by atoms with Crippen LogP contribution >= 0.6 is 0 Å². The van der Waals surface area contributed by atoms with E-state index in [0.717, 1.165) is 36.7 Å². The summed E-state index contributed by atoms with van der Waals surface area (Å²) >= 11 is 0. The van der Waals surface area contributed by atoms with Crippen LogP contribution < -0.4 is 10.1 Å². The van der Waals surface area contributed by atoms with E-state index < -0.39 is 0 Å². The summed E-state index contributed by atoms with van der Waals surface area (Å²) < 4.78 is 20.7. The molecule has 1 aromatic heterocycles. The largest absolute Gasteiger partial charge is 0.494 e. The van der Waals surface area contributed by atoms with E-state index in [4.69, 9.17) is 4.74 Å². The van der Waals surface area contributed by atoms with Crippen molar-refractivity contribution in [3.63, 3.8) is 0 Å². The number of ether oxygens (including phenoxy) is 1. The third-order valence-corrected chi connectivity index (χ3v) is 7.18. The van der Waals surface area contributed by atoms with Gasteiger partial charge in [-0.05, 0) is 76.3 Å². The third kappa shape index (κ3) is 4.67. The molecule has 2 aliphatic rings. The van der Waals surface area contributed by atoms with Crippen LogP contribution in [0.2, 0.25) is 0 Å². The minimum atomic E-state index is -0.250. The van der Waals surface area contributed by atoms with Gasteiger partial charge in [0.25, 0.3) is 5.91 Å². The first-order chi connectivity index (χ1) is 16.5. The molecular formula is C27H33FN4O2. The number of hydrogen-bond donors (Lipinski definition) is 1. The molecule has 1 N–H and O–H groups in total. The lowest BCUT2D eigenvalue weighted by Gasteiger charge is -2.39. The van der Waals surface area contributed by atoms with Gasteiger partial charge in [0, 0.05) is 36.1 Å². The number of para-hydroxylation sites is 1. The van der Waals surface area contributed by atoms with E-state index in [9.17, 15) is 9.18 Å². The Labute approximate surface area is 200 Å². The third-order valence-electron chi connectivity index (χ3n) is 7.18. The van der Waals surface area contributed by atoms with Gasteiger partial charge in [0.15, 0.2) is 5.69 Å². The number of carbonyl (C=O) groups is 1. The second-order valence-electron chi connectivity index (χ2n) is 9.82. The van der Waals surface area contributed by atoms with Crippen molar-refractivity contribution in [1.82, 2.24) is 20.0 Å². The predicted molar refractivity (Wildman–Crippen MR) is 131 cm³/mol. The molecule has 1 unspecified atom stereocenters. The van der Waals surface area contributed by atoms with Crippen molar-refractivity contribution < 1.29 is 13.9 Å². The fourth-order valence-electron chi connectivity index (χ4n) is 5.63. The molecular weight excluding hydrogens is 431 g/mol. The molecule has 3 heterocycles. The molecule has 3 atom stereocenters. The summed E-state index contributed by atoms with van der Waals surface area (Å²) in [5.74, 6) is 0.389. The summed E-state index contributed by atoms with van der Waals surface area (Å²) in [7, 11) is 0. The van der Waals surface area contributed by atoms with E-state index >= 15 is 0 Å². The number of rotatable bonds is 8. The van der Waals surface area contributed by atoms with Gasteiger partial charge >= 0.3 is 0 Å². The average molecular weight is 465 g/mol. The number of halogens is 1.